The molecule has 0 aromatic heterocycles. The Morgan fingerprint density at radius 3 is 3.00 bits per heavy atom. The Morgan fingerprint density at radius 1 is 1.53 bits per heavy atom. The van der Waals surface area contributed by atoms with Crippen LogP contribution in [-0.2, 0) is 4.79 Å². The topological polar surface area (TPSA) is 64.3 Å². The minimum atomic E-state index is 0.0306. The van der Waals surface area contributed by atoms with E-state index in [4.69, 9.17) is 10.5 Å². The van der Waals surface area contributed by atoms with E-state index in [1.54, 1.807) is 7.11 Å². The number of benzene rings is 1. The number of ether oxygens (including phenoxy) is 1. The lowest BCUT2D eigenvalue weighted by Gasteiger charge is -2.18. The summed E-state index contributed by atoms with van der Waals surface area (Å²) in [4.78, 5) is 12.3. The average Bonchev–Trinajstić information content (AvgIpc) is 2.89. The van der Waals surface area contributed by atoms with Crippen molar-refractivity contribution in [3.05, 3.63) is 22.7 Å². The highest BCUT2D eigenvalue weighted by atomic mass is 79.9. The molecule has 19 heavy (non-hydrogen) atoms. The molecular weight excluding hydrogens is 308 g/mol. The monoisotopic (exact) mass is 326 g/mol. The molecule has 0 heterocycles. The number of rotatable bonds is 4. The smallest absolute Gasteiger partial charge is 0.227 e. The van der Waals surface area contributed by atoms with Crippen LogP contribution in [0, 0.1) is 11.8 Å². The second kappa shape index (κ2) is 6.39. The van der Waals surface area contributed by atoms with Crippen molar-refractivity contribution in [2.75, 3.05) is 19.0 Å². The molecule has 3 N–H and O–H groups in total. The van der Waals surface area contributed by atoms with Gasteiger partial charge in [0.1, 0.15) is 5.75 Å². The first-order valence-electron chi connectivity index (χ1n) is 6.50. The molecule has 2 atom stereocenters. The van der Waals surface area contributed by atoms with Crippen LogP contribution in [0.5, 0.6) is 5.75 Å². The number of carbonyl (C=O) groups is 1. The molecule has 0 spiro atoms. The molecule has 4 nitrogen and oxygen atoms in total. The zero-order valence-electron chi connectivity index (χ0n) is 11.0. The van der Waals surface area contributed by atoms with Crippen molar-refractivity contribution in [1.29, 1.82) is 0 Å². The number of amides is 1. The zero-order valence-corrected chi connectivity index (χ0v) is 12.6. The van der Waals surface area contributed by atoms with Crippen molar-refractivity contribution >= 4 is 27.5 Å². The quantitative estimate of drug-likeness (QED) is 0.894. The highest BCUT2D eigenvalue weighted by Gasteiger charge is 2.32. The number of hydrogen-bond acceptors (Lipinski definition) is 3. The van der Waals surface area contributed by atoms with Crippen molar-refractivity contribution in [3.63, 3.8) is 0 Å². The highest BCUT2D eigenvalue weighted by Crippen LogP contribution is 2.33. The summed E-state index contributed by atoms with van der Waals surface area (Å²) >= 11 is 3.43. The zero-order chi connectivity index (χ0) is 13.8. The number of carbonyl (C=O) groups excluding carboxylic acids is 1. The summed E-state index contributed by atoms with van der Waals surface area (Å²) in [6.07, 6.45) is 3.06. The van der Waals surface area contributed by atoms with Crippen molar-refractivity contribution in [2.24, 2.45) is 17.6 Å². The van der Waals surface area contributed by atoms with Gasteiger partial charge in [-0.25, -0.2) is 0 Å². The first kappa shape index (κ1) is 14.3. The summed E-state index contributed by atoms with van der Waals surface area (Å²) in [7, 11) is 1.61. The third kappa shape index (κ3) is 3.28. The van der Waals surface area contributed by atoms with E-state index in [1.165, 1.54) is 0 Å². The molecule has 5 heteroatoms. The normalized spacial score (nSPS) is 22.3. The molecule has 1 aliphatic carbocycles. The molecule has 2 unspecified atom stereocenters. The Hall–Kier alpha value is -1.07. The average molecular weight is 327 g/mol. The lowest BCUT2D eigenvalue weighted by molar-refractivity contribution is -0.120. The number of nitrogens with two attached hydrogens (primary N) is 1. The van der Waals surface area contributed by atoms with Gasteiger partial charge in [0.15, 0.2) is 0 Å². The molecule has 1 amide bonds. The molecule has 104 valence electrons. The number of halogens is 1. The first-order valence-corrected chi connectivity index (χ1v) is 7.29. The second-order valence-corrected chi connectivity index (χ2v) is 5.72. The summed E-state index contributed by atoms with van der Waals surface area (Å²) < 4.78 is 6.02. The Morgan fingerprint density at radius 2 is 2.32 bits per heavy atom. The van der Waals surface area contributed by atoms with Crippen molar-refractivity contribution < 1.29 is 9.53 Å². The summed E-state index contributed by atoms with van der Waals surface area (Å²) in [5, 5.41) is 2.97. The Labute approximate surface area is 121 Å². The van der Waals surface area contributed by atoms with Gasteiger partial charge in [0.25, 0.3) is 0 Å². The fraction of sp³-hybridized carbons (Fsp3) is 0.500. The molecule has 0 saturated heterocycles. The molecule has 0 bridgehead atoms. The van der Waals surface area contributed by atoms with Crippen LogP contribution in [0.15, 0.2) is 22.7 Å². The molecule has 1 saturated carbocycles. The van der Waals surface area contributed by atoms with Gasteiger partial charge >= 0.3 is 0 Å². The van der Waals surface area contributed by atoms with Crippen molar-refractivity contribution in [1.82, 2.24) is 0 Å². The summed E-state index contributed by atoms with van der Waals surface area (Å²) in [5.74, 6) is 1.12. The fourth-order valence-electron chi connectivity index (χ4n) is 2.62. The van der Waals surface area contributed by atoms with Crippen LogP contribution in [0.4, 0.5) is 5.69 Å². The Balaban J connectivity index is 2.10. The molecule has 1 aromatic rings. The lowest BCUT2D eigenvalue weighted by atomic mass is 9.95. The number of methoxy groups -OCH3 is 1. The van der Waals surface area contributed by atoms with Crippen LogP contribution in [-0.4, -0.2) is 19.6 Å². The summed E-state index contributed by atoms with van der Waals surface area (Å²) in [5.41, 5.74) is 6.46. The summed E-state index contributed by atoms with van der Waals surface area (Å²) in [6.45, 7) is 0.581. The van der Waals surface area contributed by atoms with Gasteiger partial charge in [-0.2, -0.15) is 0 Å². The molecule has 1 fully saturated rings. The van der Waals surface area contributed by atoms with Gasteiger partial charge < -0.3 is 15.8 Å². The summed E-state index contributed by atoms with van der Waals surface area (Å²) in [6, 6.07) is 5.52. The molecule has 0 radical (unpaired) electrons. The van der Waals surface area contributed by atoms with Gasteiger partial charge in [-0.05, 0) is 53.4 Å². The molecule has 0 aliphatic heterocycles. The van der Waals surface area contributed by atoms with E-state index in [9.17, 15) is 4.79 Å². The van der Waals surface area contributed by atoms with Gasteiger partial charge in [-0.3, -0.25) is 4.79 Å². The molecule has 1 aromatic carbocycles. The Bertz CT molecular complexity index is 465. The van der Waals surface area contributed by atoms with Crippen molar-refractivity contribution in [2.45, 2.75) is 19.3 Å². The predicted octanol–water partition coefficient (Wildman–Crippen LogP) is 2.77. The van der Waals surface area contributed by atoms with Gasteiger partial charge in [0.05, 0.1) is 12.8 Å². The minimum Gasteiger partial charge on any atom is -0.497 e. The third-order valence-electron chi connectivity index (χ3n) is 3.73. The van der Waals surface area contributed by atoms with Crippen LogP contribution < -0.4 is 15.8 Å². The largest absolute Gasteiger partial charge is 0.497 e. The third-order valence-corrected chi connectivity index (χ3v) is 4.42. The van der Waals surface area contributed by atoms with Crippen LogP contribution in [0.2, 0.25) is 0 Å². The van der Waals surface area contributed by atoms with E-state index in [0.717, 1.165) is 35.2 Å². The fourth-order valence-corrected chi connectivity index (χ4v) is 2.96. The second-order valence-electron chi connectivity index (χ2n) is 4.87. The van der Waals surface area contributed by atoms with Gasteiger partial charge in [0.2, 0.25) is 5.91 Å². The van der Waals surface area contributed by atoms with E-state index in [2.05, 4.69) is 21.2 Å². The van der Waals surface area contributed by atoms with Gasteiger partial charge in [-0.15, -0.1) is 0 Å². The highest BCUT2D eigenvalue weighted by molar-refractivity contribution is 9.10. The standard InChI is InChI=1S/C14H19BrN2O2/c1-19-10-5-6-12(15)13(7-10)17-14(18)11-4-2-3-9(11)8-16/h5-7,9,11H,2-4,8,16H2,1H3,(H,17,18). The van der Waals surface area contributed by atoms with E-state index in [0.29, 0.717) is 12.5 Å². The predicted molar refractivity (Wildman–Crippen MR) is 79.2 cm³/mol. The van der Waals surface area contributed by atoms with Crippen LogP contribution in [0.3, 0.4) is 0 Å². The molecule has 1 aliphatic rings. The van der Waals surface area contributed by atoms with Crippen LogP contribution >= 0.6 is 15.9 Å². The first-order chi connectivity index (χ1) is 9.15. The molecular formula is C14H19BrN2O2. The maximum Gasteiger partial charge on any atom is 0.227 e. The SMILES string of the molecule is COc1ccc(Br)c(NC(=O)C2CCCC2CN)c1. The van der Waals surface area contributed by atoms with Gasteiger partial charge in [0, 0.05) is 16.5 Å². The van der Waals surface area contributed by atoms with Crippen LogP contribution in [0.1, 0.15) is 19.3 Å². The lowest BCUT2D eigenvalue weighted by Crippen LogP contribution is -2.29. The number of anilines is 1. The van der Waals surface area contributed by atoms with Crippen molar-refractivity contribution in [3.8, 4) is 5.75 Å². The number of hydrogen-bond donors (Lipinski definition) is 2. The minimum absolute atomic E-state index is 0.0306. The van der Waals surface area contributed by atoms with E-state index >= 15 is 0 Å². The maximum absolute atomic E-state index is 12.3. The van der Waals surface area contributed by atoms with Crippen LogP contribution in [0.25, 0.3) is 0 Å². The maximum atomic E-state index is 12.3. The Kier molecular flexibility index (Phi) is 4.82. The van der Waals surface area contributed by atoms with E-state index < -0.39 is 0 Å². The number of nitrogens with one attached hydrogen (secondary N) is 1. The molecule has 2 rings (SSSR count). The van der Waals surface area contributed by atoms with E-state index in [-0.39, 0.29) is 11.8 Å². The van der Waals surface area contributed by atoms with Gasteiger partial charge in [-0.1, -0.05) is 6.42 Å². The van der Waals surface area contributed by atoms with E-state index in [1.807, 2.05) is 18.2 Å².